The second-order valence-corrected chi connectivity index (χ2v) is 5.63. The fraction of sp³-hybridized carbons (Fsp3) is 0.500. The van der Waals surface area contributed by atoms with E-state index in [1.165, 1.54) is 0 Å². The number of nitrogens with two attached hydrogens (primary N) is 1. The molecule has 2 N–H and O–H groups in total. The Morgan fingerprint density at radius 3 is 2.76 bits per heavy atom. The van der Waals surface area contributed by atoms with Crippen LogP contribution in [-0.2, 0) is 10.3 Å². The van der Waals surface area contributed by atoms with Gasteiger partial charge in [-0.2, -0.15) is 4.98 Å². The number of hydrogen-bond donors (Lipinski definition) is 1. The van der Waals surface area contributed by atoms with Crippen LogP contribution in [0.1, 0.15) is 44.0 Å². The first-order valence-corrected chi connectivity index (χ1v) is 7.49. The lowest BCUT2D eigenvalue weighted by Crippen LogP contribution is -2.27. The molecule has 1 heterocycles. The molecule has 1 aliphatic rings. The van der Waals surface area contributed by atoms with Gasteiger partial charge in [-0.25, -0.2) is 0 Å². The third-order valence-corrected chi connectivity index (χ3v) is 4.19. The van der Waals surface area contributed by atoms with Crippen LogP contribution in [-0.4, -0.2) is 16.7 Å². The molecule has 0 spiro atoms. The van der Waals surface area contributed by atoms with E-state index in [1.54, 1.807) is 0 Å². The number of rotatable bonds is 4. The van der Waals surface area contributed by atoms with E-state index in [0.717, 1.165) is 42.5 Å². The summed E-state index contributed by atoms with van der Waals surface area (Å²) in [6.07, 6.45) is 4.19. The number of anilines is 1. The molecule has 1 aliphatic carbocycles. The quantitative estimate of drug-likeness (QED) is 0.872. The second-order valence-electron chi connectivity index (χ2n) is 5.63. The predicted octanol–water partition coefficient (Wildman–Crippen LogP) is 3.43. The maximum absolute atomic E-state index is 5.96. The van der Waals surface area contributed by atoms with Crippen molar-refractivity contribution >= 4 is 5.69 Å². The average molecular weight is 287 g/mol. The molecule has 0 aliphatic heterocycles. The van der Waals surface area contributed by atoms with Gasteiger partial charge in [-0.3, -0.25) is 0 Å². The molecule has 0 radical (unpaired) electrons. The number of nitrogens with zero attached hydrogens (tertiary/aromatic N) is 2. The van der Waals surface area contributed by atoms with Crippen LogP contribution in [0.2, 0.25) is 0 Å². The van der Waals surface area contributed by atoms with Crippen molar-refractivity contribution in [3.63, 3.8) is 0 Å². The predicted molar refractivity (Wildman–Crippen MR) is 80.7 cm³/mol. The Bertz CT molecular complexity index is 630. The van der Waals surface area contributed by atoms with Crippen molar-refractivity contribution in [1.82, 2.24) is 10.1 Å². The molecule has 0 unspecified atom stereocenters. The standard InChI is InChI=1S/C16H21N3O2/c1-3-20-16(8-4-5-9-16)15-18-14(21-19-15)12-7-6-11(2)13(17)10-12/h6-7,10H,3-5,8-9,17H2,1-2H3. The highest BCUT2D eigenvalue weighted by Gasteiger charge is 2.40. The Kier molecular flexibility index (Phi) is 3.68. The van der Waals surface area contributed by atoms with Gasteiger partial charge in [0.25, 0.3) is 5.89 Å². The molecule has 5 nitrogen and oxygen atoms in total. The first kappa shape index (κ1) is 14.1. The second kappa shape index (κ2) is 5.48. The van der Waals surface area contributed by atoms with E-state index in [2.05, 4.69) is 10.1 Å². The lowest BCUT2D eigenvalue weighted by atomic mass is 10.0. The smallest absolute Gasteiger partial charge is 0.258 e. The van der Waals surface area contributed by atoms with E-state index in [4.69, 9.17) is 15.0 Å². The summed E-state index contributed by atoms with van der Waals surface area (Å²) < 4.78 is 11.4. The van der Waals surface area contributed by atoms with E-state index in [0.29, 0.717) is 18.3 Å². The number of benzene rings is 1. The van der Waals surface area contributed by atoms with Crippen molar-refractivity contribution in [2.75, 3.05) is 12.3 Å². The van der Waals surface area contributed by atoms with Crippen LogP contribution in [0, 0.1) is 6.92 Å². The van der Waals surface area contributed by atoms with Gasteiger partial charge in [0, 0.05) is 17.9 Å². The summed E-state index contributed by atoms with van der Waals surface area (Å²) in [7, 11) is 0. The van der Waals surface area contributed by atoms with E-state index in [-0.39, 0.29) is 5.60 Å². The molecular formula is C16H21N3O2. The van der Waals surface area contributed by atoms with Crippen molar-refractivity contribution in [1.29, 1.82) is 0 Å². The molecule has 0 atom stereocenters. The monoisotopic (exact) mass is 287 g/mol. The molecular weight excluding hydrogens is 266 g/mol. The van der Waals surface area contributed by atoms with Crippen LogP contribution in [0.15, 0.2) is 22.7 Å². The maximum Gasteiger partial charge on any atom is 0.258 e. The van der Waals surface area contributed by atoms with Crippen LogP contribution < -0.4 is 5.73 Å². The van der Waals surface area contributed by atoms with E-state index in [1.807, 2.05) is 32.0 Å². The third-order valence-electron chi connectivity index (χ3n) is 4.19. The average Bonchev–Trinajstić information content (AvgIpc) is 3.12. The van der Waals surface area contributed by atoms with Crippen molar-refractivity contribution < 1.29 is 9.26 Å². The Hall–Kier alpha value is -1.88. The van der Waals surface area contributed by atoms with Crippen molar-refractivity contribution in [3.05, 3.63) is 29.6 Å². The van der Waals surface area contributed by atoms with Crippen LogP contribution in [0.4, 0.5) is 5.69 Å². The van der Waals surface area contributed by atoms with Crippen LogP contribution in [0.5, 0.6) is 0 Å². The first-order chi connectivity index (χ1) is 10.1. The molecule has 1 fully saturated rings. The molecule has 0 amide bonds. The number of aryl methyl sites for hydroxylation is 1. The van der Waals surface area contributed by atoms with Gasteiger partial charge in [-0.05, 0) is 57.2 Å². The first-order valence-electron chi connectivity index (χ1n) is 7.49. The fourth-order valence-corrected chi connectivity index (χ4v) is 2.95. The van der Waals surface area contributed by atoms with Crippen molar-refractivity contribution in [2.45, 2.75) is 45.1 Å². The molecule has 0 bridgehead atoms. The minimum Gasteiger partial charge on any atom is -0.398 e. The molecule has 112 valence electrons. The summed E-state index contributed by atoms with van der Waals surface area (Å²) in [4.78, 5) is 4.57. The largest absolute Gasteiger partial charge is 0.398 e. The lowest BCUT2D eigenvalue weighted by Gasteiger charge is -2.24. The Morgan fingerprint density at radius 1 is 1.33 bits per heavy atom. The Morgan fingerprint density at radius 2 is 2.10 bits per heavy atom. The number of aromatic nitrogens is 2. The zero-order valence-corrected chi connectivity index (χ0v) is 12.6. The van der Waals surface area contributed by atoms with Gasteiger partial charge in [0.1, 0.15) is 5.60 Å². The highest BCUT2D eigenvalue weighted by Crippen LogP contribution is 2.41. The van der Waals surface area contributed by atoms with Crippen molar-refractivity contribution in [2.24, 2.45) is 0 Å². The zero-order valence-electron chi connectivity index (χ0n) is 12.6. The molecule has 21 heavy (non-hydrogen) atoms. The van der Waals surface area contributed by atoms with E-state index in [9.17, 15) is 0 Å². The van der Waals surface area contributed by atoms with Gasteiger partial charge < -0.3 is 15.0 Å². The lowest BCUT2D eigenvalue weighted by molar-refractivity contribution is -0.0469. The molecule has 0 saturated heterocycles. The maximum atomic E-state index is 5.96. The molecule has 3 rings (SSSR count). The van der Waals surface area contributed by atoms with Crippen LogP contribution >= 0.6 is 0 Å². The zero-order chi connectivity index (χ0) is 14.9. The summed E-state index contributed by atoms with van der Waals surface area (Å²) in [5.74, 6) is 1.17. The normalized spacial score (nSPS) is 17.2. The van der Waals surface area contributed by atoms with Gasteiger partial charge in [-0.1, -0.05) is 11.2 Å². The summed E-state index contributed by atoms with van der Waals surface area (Å²) in [5, 5.41) is 4.17. The van der Waals surface area contributed by atoms with E-state index < -0.39 is 0 Å². The van der Waals surface area contributed by atoms with Gasteiger partial charge in [0.15, 0.2) is 0 Å². The van der Waals surface area contributed by atoms with Gasteiger partial charge in [-0.15, -0.1) is 0 Å². The summed E-state index contributed by atoms with van der Waals surface area (Å²) in [6, 6.07) is 5.78. The van der Waals surface area contributed by atoms with Gasteiger partial charge in [0.2, 0.25) is 5.82 Å². The van der Waals surface area contributed by atoms with Crippen LogP contribution in [0.3, 0.4) is 0 Å². The third kappa shape index (κ3) is 2.53. The molecule has 1 saturated carbocycles. The summed E-state index contributed by atoms with van der Waals surface area (Å²) in [5.41, 5.74) is 8.20. The SMILES string of the molecule is CCOC1(c2noc(-c3ccc(C)c(N)c3)n2)CCCC1. The molecule has 1 aromatic heterocycles. The minimum absolute atomic E-state index is 0.368. The van der Waals surface area contributed by atoms with Gasteiger partial charge >= 0.3 is 0 Å². The minimum atomic E-state index is -0.368. The fourth-order valence-electron chi connectivity index (χ4n) is 2.95. The summed E-state index contributed by atoms with van der Waals surface area (Å²) >= 11 is 0. The molecule has 5 heteroatoms. The number of hydrogen-bond acceptors (Lipinski definition) is 5. The number of nitrogen functional groups attached to an aromatic ring is 1. The topological polar surface area (TPSA) is 74.2 Å². The van der Waals surface area contributed by atoms with Gasteiger partial charge in [0.05, 0.1) is 0 Å². The summed E-state index contributed by atoms with van der Waals surface area (Å²) in [6.45, 7) is 4.63. The van der Waals surface area contributed by atoms with Crippen LogP contribution in [0.25, 0.3) is 11.5 Å². The Balaban J connectivity index is 1.93. The molecule has 1 aromatic carbocycles. The number of ether oxygens (including phenoxy) is 1. The van der Waals surface area contributed by atoms with E-state index >= 15 is 0 Å². The Labute approximate surface area is 124 Å². The highest BCUT2D eigenvalue weighted by molar-refractivity contribution is 5.62. The molecule has 2 aromatic rings. The van der Waals surface area contributed by atoms with Crippen molar-refractivity contribution in [3.8, 4) is 11.5 Å². The highest BCUT2D eigenvalue weighted by atomic mass is 16.5.